The van der Waals surface area contributed by atoms with Crippen molar-refractivity contribution in [3.63, 3.8) is 0 Å². The molecule has 0 aliphatic carbocycles. The average molecular weight is 236 g/mol. The fraction of sp³-hybridized carbons (Fsp3) is 0.545. The highest BCUT2D eigenvalue weighted by Gasteiger charge is 2.43. The molecule has 1 aromatic heterocycles. The zero-order chi connectivity index (χ0) is 12.5. The molecule has 92 valence electrons. The van der Waals surface area contributed by atoms with Gasteiger partial charge in [0.2, 0.25) is 5.95 Å². The van der Waals surface area contributed by atoms with E-state index in [4.69, 9.17) is 5.73 Å². The molecule has 2 heterocycles. The molecule has 1 saturated heterocycles. The predicted octanol–water partition coefficient (Wildman–Crippen LogP) is 0.0730. The second-order valence-corrected chi connectivity index (χ2v) is 4.39. The van der Waals surface area contributed by atoms with E-state index in [1.54, 1.807) is 13.0 Å². The molecule has 1 fully saturated rings. The van der Waals surface area contributed by atoms with Crippen molar-refractivity contribution >= 4 is 11.9 Å². The normalized spacial score (nSPS) is 18.9. The Morgan fingerprint density at radius 1 is 1.47 bits per heavy atom. The third-order valence-electron chi connectivity index (χ3n) is 3.23. The van der Waals surface area contributed by atoms with Crippen molar-refractivity contribution in [3.05, 3.63) is 17.5 Å². The van der Waals surface area contributed by atoms with Gasteiger partial charge in [-0.3, -0.25) is 4.79 Å². The van der Waals surface area contributed by atoms with Crippen molar-refractivity contribution < 1.29 is 9.90 Å². The van der Waals surface area contributed by atoms with E-state index in [2.05, 4.69) is 15.3 Å². The van der Waals surface area contributed by atoms with Crippen LogP contribution in [0.25, 0.3) is 0 Å². The molecule has 17 heavy (non-hydrogen) atoms. The SMILES string of the molecule is Cc1cc(C2(C(=O)O)CCNCC2)nc(N)n1. The minimum Gasteiger partial charge on any atom is -0.481 e. The van der Waals surface area contributed by atoms with Crippen molar-refractivity contribution in [3.8, 4) is 0 Å². The summed E-state index contributed by atoms with van der Waals surface area (Å²) in [6.45, 7) is 3.14. The lowest BCUT2D eigenvalue weighted by atomic mass is 9.76. The van der Waals surface area contributed by atoms with Gasteiger partial charge in [-0.05, 0) is 38.9 Å². The number of nitrogen functional groups attached to an aromatic ring is 1. The molecule has 0 saturated carbocycles. The Kier molecular flexibility index (Phi) is 2.97. The van der Waals surface area contributed by atoms with Crippen molar-refractivity contribution in [2.45, 2.75) is 25.2 Å². The summed E-state index contributed by atoms with van der Waals surface area (Å²) in [6.07, 6.45) is 1.05. The summed E-state index contributed by atoms with van der Waals surface area (Å²) >= 11 is 0. The van der Waals surface area contributed by atoms with Crippen LogP contribution in [0.15, 0.2) is 6.07 Å². The fourth-order valence-corrected chi connectivity index (χ4v) is 2.27. The van der Waals surface area contributed by atoms with E-state index >= 15 is 0 Å². The zero-order valence-corrected chi connectivity index (χ0v) is 9.73. The highest BCUT2D eigenvalue weighted by Crippen LogP contribution is 2.33. The van der Waals surface area contributed by atoms with Crippen LogP contribution in [0.4, 0.5) is 5.95 Å². The summed E-state index contributed by atoms with van der Waals surface area (Å²) in [5, 5.41) is 12.7. The van der Waals surface area contributed by atoms with Gasteiger partial charge >= 0.3 is 5.97 Å². The van der Waals surface area contributed by atoms with Gasteiger partial charge in [-0.15, -0.1) is 0 Å². The summed E-state index contributed by atoms with van der Waals surface area (Å²) in [5.41, 5.74) is 5.90. The van der Waals surface area contributed by atoms with Gasteiger partial charge in [0.05, 0.1) is 5.69 Å². The predicted molar refractivity (Wildman–Crippen MR) is 62.6 cm³/mol. The van der Waals surface area contributed by atoms with Gasteiger partial charge < -0.3 is 16.2 Å². The number of carboxylic acids is 1. The minimum absolute atomic E-state index is 0.138. The standard InChI is InChI=1S/C11H16N4O2/c1-7-6-8(15-10(12)14-7)11(9(16)17)2-4-13-5-3-11/h6,13H,2-5H2,1H3,(H,16,17)(H2,12,14,15). The van der Waals surface area contributed by atoms with E-state index in [1.807, 2.05) is 0 Å². The molecule has 2 rings (SSSR count). The Morgan fingerprint density at radius 3 is 2.65 bits per heavy atom. The first-order chi connectivity index (χ1) is 8.04. The van der Waals surface area contributed by atoms with Gasteiger partial charge in [-0.25, -0.2) is 9.97 Å². The van der Waals surface area contributed by atoms with Crippen LogP contribution >= 0.6 is 0 Å². The highest BCUT2D eigenvalue weighted by molar-refractivity contribution is 5.81. The molecule has 0 bridgehead atoms. The molecule has 6 nitrogen and oxygen atoms in total. The van der Waals surface area contributed by atoms with E-state index < -0.39 is 11.4 Å². The summed E-state index contributed by atoms with van der Waals surface area (Å²) in [6, 6.07) is 1.72. The maximum absolute atomic E-state index is 11.6. The molecular weight excluding hydrogens is 220 g/mol. The van der Waals surface area contributed by atoms with Crippen molar-refractivity contribution in [2.75, 3.05) is 18.8 Å². The highest BCUT2D eigenvalue weighted by atomic mass is 16.4. The van der Waals surface area contributed by atoms with Crippen LogP contribution in [0.3, 0.4) is 0 Å². The molecule has 1 aliphatic rings. The minimum atomic E-state index is -0.924. The topological polar surface area (TPSA) is 101 Å². The number of anilines is 1. The molecule has 0 amide bonds. The summed E-state index contributed by atoms with van der Waals surface area (Å²) in [5.74, 6) is -0.698. The van der Waals surface area contributed by atoms with Crippen LogP contribution in [0.5, 0.6) is 0 Å². The number of piperidine rings is 1. The first kappa shape index (κ1) is 11.8. The van der Waals surface area contributed by atoms with Crippen LogP contribution < -0.4 is 11.1 Å². The van der Waals surface area contributed by atoms with Crippen LogP contribution in [0.1, 0.15) is 24.2 Å². The Bertz CT molecular complexity index is 421. The Labute approximate surface area is 99.3 Å². The third-order valence-corrected chi connectivity index (χ3v) is 3.23. The van der Waals surface area contributed by atoms with Crippen molar-refractivity contribution in [1.82, 2.24) is 15.3 Å². The second kappa shape index (κ2) is 4.29. The summed E-state index contributed by atoms with van der Waals surface area (Å²) in [7, 11) is 0. The van der Waals surface area contributed by atoms with Gasteiger partial charge in [-0.1, -0.05) is 0 Å². The molecule has 6 heteroatoms. The zero-order valence-electron chi connectivity index (χ0n) is 9.73. The Hall–Kier alpha value is -1.69. The lowest BCUT2D eigenvalue weighted by molar-refractivity contribution is -0.145. The molecule has 0 radical (unpaired) electrons. The third kappa shape index (κ3) is 2.08. The van der Waals surface area contributed by atoms with Gasteiger partial charge in [-0.2, -0.15) is 0 Å². The quantitative estimate of drug-likeness (QED) is 0.672. The number of nitrogens with two attached hydrogens (primary N) is 1. The molecule has 0 atom stereocenters. The molecule has 1 aliphatic heterocycles. The van der Waals surface area contributed by atoms with Gasteiger partial charge in [0.1, 0.15) is 5.41 Å². The Balaban J connectivity index is 2.48. The van der Waals surface area contributed by atoms with E-state index in [-0.39, 0.29) is 5.95 Å². The molecule has 0 unspecified atom stereocenters. The van der Waals surface area contributed by atoms with Gasteiger partial charge in [0.15, 0.2) is 0 Å². The number of rotatable bonds is 2. The number of carboxylic acid groups (broad SMARTS) is 1. The monoisotopic (exact) mass is 236 g/mol. The maximum Gasteiger partial charge on any atom is 0.315 e. The fourth-order valence-electron chi connectivity index (χ4n) is 2.27. The maximum atomic E-state index is 11.6. The van der Waals surface area contributed by atoms with Crippen LogP contribution in [-0.2, 0) is 10.2 Å². The molecule has 1 aromatic rings. The lowest BCUT2D eigenvalue weighted by Gasteiger charge is -2.33. The van der Waals surface area contributed by atoms with Crippen molar-refractivity contribution in [1.29, 1.82) is 0 Å². The number of hydrogen-bond donors (Lipinski definition) is 3. The van der Waals surface area contributed by atoms with E-state index in [9.17, 15) is 9.90 Å². The number of nitrogens with zero attached hydrogens (tertiary/aromatic N) is 2. The van der Waals surface area contributed by atoms with E-state index in [0.29, 0.717) is 37.3 Å². The van der Waals surface area contributed by atoms with Crippen LogP contribution in [-0.4, -0.2) is 34.1 Å². The largest absolute Gasteiger partial charge is 0.481 e. The number of aliphatic carboxylic acids is 1. The van der Waals surface area contributed by atoms with Crippen molar-refractivity contribution in [2.24, 2.45) is 0 Å². The molecular formula is C11H16N4O2. The molecule has 0 aromatic carbocycles. The number of nitrogens with one attached hydrogen (secondary N) is 1. The lowest BCUT2D eigenvalue weighted by Crippen LogP contribution is -2.46. The number of hydrogen-bond acceptors (Lipinski definition) is 5. The number of aromatic nitrogens is 2. The number of aryl methyl sites for hydroxylation is 1. The van der Waals surface area contributed by atoms with E-state index in [1.165, 1.54) is 0 Å². The Morgan fingerprint density at radius 2 is 2.12 bits per heavy atom. The molecule has 0 spiro atoms. The smallest absolute Gasteiger partial charge is 0.315 e. The molecule has 4 N–H and O–H groups in total. The summed E-state index contributed by atoms with van der Waals surface area (Å²) in [4.78, 5) is 19.7. The van der Waals surface area contributed by atoms with E-state index in [0.717, 1.165) is 0 Å². The second-order valence-electron chi connectivity index (χ2n) is 4.39. The van der Waals surface area contributed by atoms with Gasteiger partial charge in [0.25, 0.3) is 0 Å². The van der Waals surface area contributed by atoms with Crippen LogP contribution in [0.2, 0.25) is 0 Å². The first-order valence-corrected chi connectivity index (χ1v) is 5.60. The number of carbonyl (C=O) groups is 1. The average Bonchev–Trinajstić information content (AvgIpc) is 2.28. The summed E-state index contributed by atoms with van der Waals surface area (Å²) < 4.78 is 0. The first-order valence-electron chi connectivity index (χ1n) is 5.60. The van der Waals surface area contributed by atoms with Gasteiger partial charge in [0, 0.05) is 5.69 Å². The van der Waals surface area contributed by atoms with Crippen LogP contribution in [0, 0.1) is 6.92 Å².